The fourth-order valence-electron chi connectivity index (χ4n) is 5.22. The number of nitrogens with one attached hydrogen (secondary N) is 3. The van der Waals surface area contributed by atoms with Crippen molar-refractivity contribution in [2.24, 2.45) is 22.2 Å². The normalized spacial score (nSPS) is 16.6. The van der Waals surface area contributed by atoms with Crippen molar-refractivity contribution in [3.63, 3.8) is 0 Å². The average molecular weight is 653 g/mol. The zero-order valence-corrected chi connectivity index (χ0v) is 26.3. The molecule has 1 heterocycles. The predicted octanol–water partition coefficient (Wildman–Crippen LogP) is -0.892. The van der Waals surface area contributed by atoms with E-state index in [0.29, 0.717) is 24.8 Å². The first-order chi connectivity index (χ1) is 22.3. The van der Waals surface area contributed by atoms with E-state index in [-0.39, 0.29) is 44.1 Å². The van der Waals surface area contributed by atoms with Crippen molar-refractivity contribution in [3.8, 4) is 5.75 Å². The number of nitrogens with two attached hydrogens (primary N) is 3. The molecule has 0 saturated carbocycles. The van der Waals surface area contributed by atoms with Gasteiger partial charge in [-0.3, -0.25) is 24.2 Å². The maximum Gasteiger partial charge on any atom is 0.326 e. The number of phenols is 1. The van der Waals surface area contributed by atoms with Gasteiger partial charge in [0.05, 0.1) is 6.04 Å². The number of aromatic hydroxyl groups is 1. The molecule has 3 rings (SSSR count). The van der Waals surface area contributed by atoms with Crippen LogP contribution in [0.2, 0.25) is 0 Å². The first-order valence-corrected chi connectivity index (χ1v) is 15.4. The Balaban J connectivity index is 1.72. The highest BCUT2D eigenvalue weighted by Crippen LogP contribution is 2.20. The minimum absolute atomic E-state index is 0.0214. The van der Waals surface area contributed by atoms with Gasteiger partial charge in [-0.15, -0.1) is 0 Å². The molecule has 0 spiro atoms. The number of hydrogen-bond acceptors (Lipinski definition) is 8. The lowest BCUT2D eigenvalue weighted by Gasteiger charge is -2.28. The second kappa shape index (κ2) is 17.5. The number of aliphatic imine (C=N–C) groups is 1. The molecule has 2 aromatic carbocycles. The van der Waals surface area contributed by atoms with Gasteiger partial charge >= 0.3 is 5.97 Å². The number of carboxylic acids is 1. The van der Waals surface area contributed by atoms with E-state index in [1.165, 1.54) is 24.0 Å². The molecule has 0 aromatic heterocycles. The molecule has 1 aliphatic heterocycles. The van der Waals surface area contributed by atoms with Crippen molar-refractivity contribution in [1.29, 1.82) is 0 Å². The van der Waals surface area contributed by atoms with Crippen LogP contribution in [-0.2, 0) is 36.8 Å². The predicted molar refractivity (Wildman–Crippen MR) is 174 cm³/mol. The molecular formula is C32H44N8O7. The number of nitrogens with zero attached hydrogens (tertiary/aromatic N) is 2. The molecule has 0 bridgehead atoms. The summed E-state index contributed by atoms with van der Waals surface area (Å²) in [4.78, 5) is 70.3. The first-order valence-electron chi connectivity index (χ1n) is 15.4. The Kier molecular flexibility index (Phi) is 13.5. The summed E-state index contributed by atoms with van der Waals surface area (Å²) in [5.41, 5.74) is 18.1. The van der Waals surface area contributed by atoms with E-state index >= 15 is 0 Å². The zero-order chi connectivity index (χ0) is 34.5. The SMILES string of the molecule is C[C@@H](NC(=O)[C@H](Cc1ccc(O)cc1)NC(=O)[C@@H](N)CCCN=C(N)N)C(=O)N[C@@H](Cc1ccccc1)C(=O)N1CCC[C@@H]1C(=O)O. The summed E-state index contributed by atoms with van der Waals surface area (Å²) in [5.74, 6) is -3.66. The second-order valence-electron chi connectivity index (χ2n) is 11.5. The third-order valence-electron chi connectivity index (χ3n) is 7.78. The van der Waals surface area contributed by atoms with Crippen molar-refractivity contribution < 1.29 is 34.2 Å². The highest BCUT2D eigenvalue weighted by atomic mass is 16.4. The standard InChI is InChI=1S/C32H44N8O7/c1-19(27(42)39-25(18-20-7-3-2-4-8-20)30(45)40-16-6-10-26(40)31(46)47)37-29(44)24(17-21-11-13-22(41)14-12-21)38-28(43)23(33)9-5-15-36-32(34)35/h2-4,7-8,11-14,19,23-26,41H,5-6,9-10,15-18,33H2,1H3,(H,37,44)(H,38,43)(H,39,42)(H,46,47)(H4,34,35,36)/t19-,23+,24+,25+,26-/m1/s1. The van der Waals surface area contributed by atoms with Crippen molar-refractivity contribution in [2.45, 2.75) is 75.7 Å². The maximum atomic E-state index is 13.6. The number of aliphatic carboxylic acids is 1. The summed E-state index contributed by atoms with van der Waals surface area (Å²) in [5, 5.41) is 27.2. The number of carboxylic acid groups (broad SMARTS) is 1. The van der Waals surface area contributed by atoms with E-state index in [4.69, 9.17) is 17.2 Å². The van der Waals surface area contributed by atoms with Gasteiger partial charge in [0.1, 0.15) is 29.9 Å². The maximum absolute atomic E-state index is 13.6. The van der Waals surface area contributed by atoms with Crippen molar-refractivity contribution in [3.05, 3.63) is 65.7 Å². The van der Waals surface area contributed by atoms with Crippen LogP contribution in [0.5, 0.6) is 5.75 Å². The Morgan fingerprint density at radius 2 is 1.51 bits per heavy atom. The lowest BCUT2D eigenvalue weighted by atomic mass is 10.0. The number of likely N-dealkylation sites (tertiary alicyclic amines) is 1. The molecule has 4 amide bonds. The molecule has 254 valence electrons. The second-order valence-corrected chi connectivity index (χ2v) is 11.5. The summed E-state index contributed by atoms with van der Waals surface area (Å²) in [6, 6.07) is 9.70. The molecule has 1 saturated heterocycles. The van der Waals surface area contributed by atoms with Crippen LogP contribution in [0.25, 0.3) is 0 Å². The van der Waals surface area contributed by atoms with Crippen LogP contribution >= 0.6 is 0 Å². The topological polar surface area (TPSA) is 256 Å². The van der Waals surface area contributed by atoms with Crippen LogP contribution in [-0.4, -0.2) is 94.0 Å². The van der Waals surface area contributed by atoms with Crippen molar-refractivity contribution >= 4 is 35.6 Å². The largest absolute Gasteiger partial charge is 0.508 e. The van der Waals surface area contributed by atoms with Gasteiger partial charge in [-0.05, 0) is 55.9 Å². The van der Waals surface area contributed by atoms with E-state index in [9.17, 15) is 34.2 Å². The Bertz CT molecular complexity index is 1420. The number of hydrogen-bond donors (Lipinski definition) is 8. The Labute approximate surface area is 273 Å². The van der Waals surface area contributed by atoms with Crippen LogP contribution < -0.4 is 33.2 Å². The summed E-state index contributed by atoms with van der Waals surface area (Å²) in [6.07, 6.45) is 1.63. The molecule has 2 aromatic rings. The molecule has 15 heteroatoms. The number of carbonyl (C=O) groups is 5. The summed E-state index contributed by atoms with van der Waals surface area (Å²) in [7, 11) is 0. The molecule has 1 fully saturated rings. The fourth-order valence-corrected chi connectivity index (χ4v) is 5.22. The molecular weight excluding hydrogens is 608 g/mol. The molecule has 0 aliphatic carbocycles. The van der Waals surface area contributed by atoms with Gasteiger partial charge in [0.25, 0.3) is 0 Å². The van der Waals surface area contributed by atoms with Crippen LogP contribution in [0.15, 0.2) is 59.6 Å². The van der Waals surface area contributed by atoms with Gasteiger partial charge in [-0.1, -0.05) is 42.5 Å². The van der Waals surface area contributed by atoms with E-state index in [2.05, 4.69) is 20.9 Å². The number of benzene rings is 2. The van der Waals surface area contributed by atoms with Gasteiger partial charge in [-0.25, -0.2) is 4.79 Å². The Morgan fingerprint density at radius 3 is 2.15 bits per heavy atom. The number of rotatable bonds is 16. The van der Waals surface area contributed by atoms with E-state index in [1.807, 2.05) is 6.07 Å². The zero-order valence-electron chi connectivity index (χ0n) is 26.3. The molecule has 5 atom stereocenters. The summed E-state index contributed by atoms with van der Waals surface area (Å²) in [6.45, 7) is 1.95. The van der Waals surface area contributed by atoms with Gasteiger partial charge in [0.2, 0.25) is 23.6 Å². The molecule has 0 radical (unpaired) electrons. The fraction of sp³-hybridized carbons (Fsp3) is 0.438. The van der Waals surface area contributed by atoms with E-state index in [0.717, 1.165) is 5.56 Å². The smallest absolute Gasteiger partial charge is 0.326 e. The molecule has 0 unspecified atom stereocenters. The van der Waals surface area contributed by atoms with Gasteiger partial charge in [0.15, 0.2) is 5.96 Å². The van der Waals surface area contributed by atoms with E-state index in [1.54, 1.807) is 36.4 Å². The molecule has 47 heavy (non-hydrogen) atoms. The quantitative estimate of drug-likeness (QED) is 0.0630. The monoisotopic (exact) mass is 652 g/mol. The molecule has 15 nitrogen and oxygen atoms in total. The van der Waals surface area contributed by atoms with Crippen LogP contribution in [0.1, 0.15) is 43.7 Å². The third kappa shape index (κ3) is 11.3. The molecule has 11 N–H and O–H groups in total. The first kappa shape index (κ1) is 36.3. The van der Waals surface area contributed by atoms with Crippen LogP contribution in [0, 0.1) is 0 Å². The van der Waals surface area contributed by atoms with E-state index < -0.39 is 59.8 Å². The minimum Gasteiger partial charge on any atom is -0.508 e. The molecule has 1 aliphatic rings. The van der Waals surface area contributed by atoms with Crippen LogP contribution in [0.3, 0.4) is 0 Å². The highest BCUT2D eigenvalue weighted by Gasteiger charge is 2.38. The average Bonchev–Trinajstić information content (AvgIpc) is 3.54. The third-order valence-corrected chi connectivity index (χ3v) is 7.78. The van der Waals surface area contributed by atoms with Gasteiger partial charge in [0, 0.05) is 25.9 Å². The summed E-state index contributed by atoms with van der Waals surface area (Å²) >= 11 is 0. The Morgan fingerprint density at radius 1 is 0.894 bits per heavy atom. The van der Waals surface area contributed by atoms with Gasteiger partial charge < -0.3 is 48.3 Å². The summed E-state index contributed by atoms with van der Waals surface area (Å²) < 4.78 is 0. The number of carbonyl (C=O) groups excluding carboxylic acids is 4. The lowest BCUT2D eigenvalue weighted by Crippen LogP contribution is -2.58. The Hall–Kier alpha value is -5.18. The number of guanidine groups is 1. The number of phenolic OH excluding ortho intramolecular Hbond substituents is 1. The highest BCUT2D eigenvalue weighted by molar-refractivity contribution is 5.95. The van der Waals surface area contributed by atoms with Gasteiger partial charge in [-0.2, -0.15) is 0 Å². The van der Waals surface area contributed by atoms with Crippen molar-refractivity contribution in [1.82, 2.24) is 20.9 Å². The van der Waals surface area contributed by atoms with Crippen molar-refractivity contribution in [2.75, 3.05) is 13.1 Å². The minimum atomic E-state index is -1.14. The lowest BCUT2D eigenvalue weighted by molar-refractivity contribution is -0.149. The van der Waals surface area contributed by atoms with Crippen LogP contribution in [0.4, 0.5) is 0 Å². The number of amides is 4.